The van der Waals surface area contributed by atoms with E-state index in [2.05, 4.69) is 18.0 Å². The molecule has 1 aromatic rings. The summed E-state index contributed by atoms with van der Waals surface area (Å²) in [5, 5.41) is 8.80. The lowest BCUT2D eigenvalue weighted by molar-refractivity contribution is 0.299. The lowest BCUT2D eigenvalue weighted by Crippen LogP contribution is -2.14. The van der Waals surface area contributed by atoms with Crippen molar-refractivity contribution in [2.75, 3.05) is 0 Å². The van der Waals surface area contributed by atoms with Gasteiger partial charge in [-0.3, -0.25) is 4.98 Å². The van der Waals surface area contributed by atoms with E-state index < -0.39 is 0 Å². The first-order chi connectivity index (χ1) is 9.83. The lowest BCUT2D eigenvalue weighted by Gasteiger charge is -2.28. The van der Waals surface area contributed by atoms with E-state index in [9.17, 15) is 0 Å². The number of hydrogen-bond acceptors (Lipinski definition) is 2. The molecule has 0 atom stereocenters. The number of hydrogen-bond donors (Lipinski definition) is 0. The molecule has 0 saturated heterocycles. The first-order valence-corrected chi connectivity index (χ1v) is 8.19. The topological polar surface area (TPSA) is 36.7 Å². The first-order valence-electron chi connectivity index (χ1n) is 8.19. The first kappa shape index (κ1) is 15.0. The molecule has 108 valence electrons. The second kappa shape index (κ2) is 8.04. The van der Waals surface area contributed by atoms with Gasteiger partial charge in [0.2, 0.25) is 0 Å². The Kier molecular flexibility index (Phi) is 6.05. The summed E-state index contributed by atoms with van der Waals surface area (Å²) in [5.41, 5.74) is 1.85. The van der Waals surface area contributed by atoms with Gasteiger partial charge in [-0.2, -0.15) is 5.26 Å². The monoisotopic (exact) mass is 270 g/mol. The average Bonchev–Trinajstić information content (AvgIpc) is 2.52. The Morgan fingerprint density at radius 1 is 1.15 bits per heavy atom. The molecular weight excluding hydrogens is 244 g/mol. The van der Waals surface area contributed by atoms with E-state index in [0.717, 1.165) is 5.92 Å². The van der Waals surface area contributed by atoms with E-state index in [1.807, 2.05) is 12.1 Å². The molecule has 0 spiro atoms. The summed E-state index contributed by atoms with van der Waals surface area (Å²) in [5.74, 6) is 1.57. The van der Waals surface area contributed by atoms with E-state index in [1.54, 1.807) is 6.20 Å². The normalized spacial score (nSPS) is 22.4. The van der Waals surface area contributed by atoms with Crippen molar-refractivity contribution in [3.05, 3.63) is 29.6 Å². The van der Waals surface area contributed by atoms with Crippen LogP contribution in [0.2, 0.25) is 0 Å². The van der Waals surface area contributed by atoms with Crippen LogP contribution in [0.25, 0.3) is 0 Å². The Hall–Kier alpha value is -1.36. The molecule has 0 aromatic carbocycles. The summed E-state index contributed by atoms with van der Waals surface area (Å²) in [6.45, 7) is 2.27. The van der Waals surface area contributed by atoms with Gasteiger partial charge in [0.15, 0.2) is 0 Å². The Balaban J connectivity index is 1.74. The smallest absolute Gasteiger partial charge is 0.101 e. The fraction of sp³-hybridized carbons (Fsp3) is 0.667. The Bertz CT molecular complexity index is 422. The van der Waals surface area contributed by atoms with Gasteiger partial charge in [-0.25, -0.2) is 0 Å². The van der Waals surface area contributed by atoms with Gasteiger partial charge in [-0.1, -0.05) is 39.0 Å². The van der Waals surface area contributed by atoms with Gasteiger partial charge >= 0.3 is 0 Å². The molecule has 0 aliphatic heterocycles. The third-order valence-corrected chi connectivity index (χ3v) is 4.65. The van der Waals surface area contributed by atoms with Crippen LogP contribution in [0, 0.1) is 17.2 Å². The van der Waals surface area contributed by atoms with Crippen LogP contribution in [-0.2, 0) is 0 Å². The minimum Gasteiger partial charge on any atom is -0.260 e. The van der Waals surface area contributed by atoms with Crippen LogP contribution in [0.1, 0.15) is 81.9 Å². The maximum Gasteiger partial charge on any atom is 0.101 e. The third-order valence-electron chi connectivity index (χ3n) is 4.65. The summed E-state index contributed by atoms with van der Waals surface area (Å²) in [7, 11) is 0. The molecule has 2 nitrogen and oxygen atoms in total. The predicted molar refractivity (Wildman–Crippen MR) is 82.4 cm³/mol. The molecule has 0 bridgehead atoms. The van der Waals surface area contributed by atoms with Crippen molar-refractivity contribution < 1.29 is 0 Å². The predicted octanol–water partition coefficient (Wildman–Crippen LogP) is 5.20. The Labute approximate surface area is 123 Å². The molecule has 2 rings (SSSR count). The largest absolute Gasteiger partial charge is 0.260 e. The van der Waals surface area contributed by atoms with Crippen molar-refractivity contribution in [3.8, 4) is 6.07 Å². The average molecular weight is 270 g/mol. The van der Waals surface area contributed by atoms with Crippen LogP contribution in [0.5, 0.6) is 0 Å². The molecule has 1 aromatic heterocycles. The van der Waals surface area contributed by atoms with E-state index in [0.29, 0.717) is 11.5 Å². The van der Waals surface area contributed by atoms with Crippen molar-refractivity contribution in [1.29, 1.82) is 5.26 Å². The zero-order valence-electron chi connectivity index (χ0n) is 12.6. The summed E-state index contributed by atoms with van der Waals surface area (Å²) in [4.78, 5) is 4.46. The zero-order valence-corrected chi connectivity index (χ0v) is 12.6. The van der Waals surface area contributed by atoms with Crippen LogP contribution in [-0.4, -0.2) is 4.98 Å². The quantitative estimate of drug-likeness (QED) is 0.666. The van der Waals surface area contributed by atoms with Crippen LogP contribution < -0.4 is 0 Å². The molecule has 0 N–H and O–H groups in total. The second-order valence-electron chi connectivity index (χ2n) is 6.15. The van der Waals surface area contributed by atoms with Crippen LogP contribution in [0.4, 0.5) is 0 Å². The molecule has 0 amide bonds. The fourth-order valence-corrected chi connectivity index (χ4v) is 3.32. The minimum absolute atomic E-state index is 0.620. The van der Waals surface area contributed by atoms with Crippen LogP contribution in [0.15, 0.2) is 18.3 Å². The number of nitrogens with zero attached hydrogens (tertiary/aromatic N) is 2. The maximum atomic E-state index is 8.80. The highest BCUT2D eigenvalue weighted by Gasteiger charge is 2.22. The SMILES string of the molecule is CCCCCCC1CCC(c2ccc(C#N)cn2)CC1. The minimum atomic E-state index is 0.620. The van der Waals surface area contributed by atoms with Crippen molar-refractivity contribution in [3.63, 3.8) is 0 Å². The molecule has 1 saturated carbocycles. The van der Waals surface area contributed by atoms with E-state index in [-0.39, 0.29) is 0 Å². The Morgan fingerprint density at radius 2 is 1.95 bits per heavy atom. The van der Waals surface area contributed by atoms with Gasteiger partial charge in [0, 0.05) is 17.8 Å². The molecule has 20 heavy (non-hydrogen) atoms. The summed E-state index contributed by atoms with van der Waals surface area (Å²) < 4.78 is 0. The van der Waals surface area contributed by atoms with Crippen LogP contribution >= 0.6 is 0 Å². The number of aromatic nitrogens is 1. The van der Waals surface area contributed by atoms with Gasteiger partial charge in [0.05, 0.1) is 5.56 Å². The van der Waals surface area contributed by atoms with Gasteiger partial charge in [0.1, 0.15) is 6.07 Å². The zero-order chi connectivity index (χ0) is 14.2. The maximum absolute atomic E-state index is 8.80. The highest BCUT2D eigenvalue weighted by molar-refractivity contribution is 5.27. The van der Waals surface area contributed by atoms with Gasteiger partial charge in [-0.15, -0.1) is 0 Å². The molecular formula is C18H26N2. The van der Waals surface area contributed by atoms with E-state index in [1.165, 1.54) is 63.5 Å². The number of unbranched alkanes of at least 4 members (excludes halogenated alkanes) is 3. The van der Waals surface area contributed by atoms with Crippen molar-refractivity contribution in [2.45, 2.75) is 70.6 Å². The summed E-state index contributed by atoms with van der Waals surface area (Å²) >= 11 is 0. The number of rotatable bonds is 6. The van der Waals surface area contributed by atoms with Crippen molar-refractivity contribution in [1.82, 2.24) is 4.98 Å². The van der Waals surface area contributed by atoms with E-state index >= 15 is 0 Å². The number of nitriles is 1. The molecule has 1 heterocycles. The van der Waals surface area contributed by atoms with Crippen LogP contribution in [0.3, 0.4) is 0 Å². The van der Waals surface area contributed by atoms with Crippen molar-refractivity contribution >= 4 is 0 Å². The molecule has 1 fully saturated rings. The highest BCUT2D eigenvalue weighted by Crippen LogP contribution is 2.37. The van der Waals surface area contributed by atoms with Crippen molar-refractivity contribution in [2.24, 2.45) is 5.92 Å². The van der Waals surface area contributed by atoms with Gasteiger partial charge < -0.3 is 0 Å². The van der Waals surface area contributed by atoms with Gasteiger partial charge in [-0.05, 0) is 43.7 Å². The highest BCUT2D eigenvalue weighted by atomic mass is 14.7. The third kappa shape index (κ3) is 4.34. The standard InChI is InChI=1S/C18H26N2/c1-2-3-4-5-6-15-7-10-17(11-8-15)18-12-9-16(13-19)14-20-18/h9,12,14-15,17H,2-8,10-11H2,1H3. The summed E-state index contributed by atoms with van der Waals surface area (Å²) in [6, 6.07) is 6.08. The fourth-order valence-electron chi connectivity index (χ4n) is 3.32. The second-order valence-corrected chi connectivity index (χ2v) is 6.15. The van der Waals surface area contributed by atoms with E-state index in [4.69, 9.17) is 5.26 Å². The Morgan fingerprint density at radius 3 is 2.55 bits per heavy atom. The molecule has 1 aliphatic rings. The number of pyridine rings is 1. The lowest BCUT2D eigenvalue weighted by atomic mass is 9.78. The molecule has 0 unspecified atom stereocenters. The van der Waals surface area contributed by atoms with Gasteiger partial charge in [0.25, 0.3) is 0 Å². The molecule has 2 heteroatoms. The summed E-state index contributed by atoms with van der Waals surface area (Å²) in [6.07, 6.45) is 14.0. The molecule has 0 radical (unpaired) electrons. The molecule has 1 aliphatic carbocycles.